The first-order chi connectivity index (χ1) is 8.58. The molecular formula is C10H8BrFN4OS. The highest BCUT2D eigenvalue weighted by atomic mass is 79.9. The van der Waals surface area contributed by atoms with Gasteiger partial charge in [0, 0.05) is 10.0 Å². The molecule has 0 aliphatic heterocycles. The van der Waals surface area contributed by atoms with Crippen molar-refractivity contribution in [3.63, 3.8) is 0 Å². The highest BCUT2D eigenvalue weighted by molar-refractivity contribution is 9.10. The summed E-state index contributed by atoms with van der Waals surface area (Å²) in [4.78, 5) is 15.3. The van der Waals surface area contributed by atoms with Gasteiger partial charge in [0.15, 0.2) is 5.16 Å². The van der Waals surface area contributed by atoms with Gasteiger partial charge in [0.2, 0.25) is 5.91 Å². The Morgan fingerprint density at radius 1 is 1.56 bits per heavy atom. The van der Waals surface area contributed by atoms with Gasteiger partial charge in [0.1, 0.15) is 17.4 Å². The molecule has 0 fully saturated rings. The fourth-order valence-corrected chi connectivity index (χ4v) is 2.56. The number of hydrogen-bond acceptors (Lipinski definition) is 4. The summed E-state index contributed by atoms with van der Waals surface area (Å²) >= 11 is 4.17. The Hall–Kier alpha value is -1.41. The molecule has 0 bridgehead atoms. The second-order valence-corrected chi connectivity index (χ2v) is 5.37. The molecule has 1 amide bonds. The van der Waals surface area contributed by atoms with E-state index in [1.807, 2.05) is 0 Å². The van der Waals surface area contributed by atoms with E-state index >= 15 is 0 Å². The van der Waals surface area contributed by atoms with E-state index in [4.69, 9.17) is 5.73 Å². The molecule has 1 aromatic heterocycles. The number of nitrogens with two attached hydrogens (primary N) is 1. The van der Waals surface area contributed by atoms with Crippen LogP contribution in [0.3, 0.4) is 0 Å². The number of nitrogens with one attached hydrogen (secondary N) is 1. The van der Waals surface area contributed by atoms with E-state index in [0.29, 0.717) is 9.63 Å². The number of rotatable bonds is 4. The van der Waals surface area contributed by atoms with Crippen LogP contribution in [0.25, 0.3) is 0 Å². The Morgan fingerprint density at radius 2 is 2.33 bits per heavy atom. The van der Waals surface area contributed by atoms with E-state index in [9.17, 15) is 9.18 Å². The highest BCUT2D eigenvalue weighted by Gasteiger charge is 2.24. The van der Waals surface area contributed by atoms with Gasteiger partial charge in [0.05, 0.1) is 0 Å². The van der Waals surface area contributed by atoms with Crippen molar-refractivity contribution in [1.29, 1.82) is 0 Å². The largest absolute Gasteiger partial charge is 0.368 e. The molecule has 8 heteroatoms. The summed E-state index contributed by atoms with van der Waals surface area (Å²) < 4.78 is 14.4. The van der Waals surface area contributed by atoms with Crippen LogP contribution in [0.5, 0.6) is 0 Å². The molecule has 94 valence electrons. The van der Waals surface area contributed by atoms with E-state index < -0.39 is 17.0 Å². The van der Waals surface area contributed by atoms with Gasteiger partial charge >= 0.3 is 0 Å². The van der Waals surface area contributed by atoms with Gasteiger partial charge in [-0.05, 0) is 12.1 Å². The zero-order valence-electron chi connectivity index (χ0n) is 8.93. The summed E-state index contributed by atoms with van der Waals surface area (Å²) in [6, 6.07) is 4.44. The van der Waals surface area contributed by atoms with Crippen molar-refractivity contribution in [1.82, 2.24) is 15.2 Å². The standard InChI is InChI=1S/C10H8BrFN4OS/c11-5-1-2-6(7(12)3-5)8(9(13)17)18-10-14-4-15-16-10/h1-4,8H,(H2,13,17)(H,14,15,16). The normalized spacial score (nSPS) is 12.3. The molecule has 5 nitrogen and oxygen atoms in total. The number of thioether (sulfide) groups is 1. The minimum Gasteiger partial charge on any atom is -0.368 e. The van der Waals surface area contributed by atoms with Crippen molar-refractivity contribution in [3.8, 4) is 0 Å². The van der Waals surface area contributed by atoms with Crippen LogP contribution >= 0.6 is 27.7 Å². The van der Waals surface area contributed by atoms with Crippen LogP contribution < -0.4 is 5.73 Å². The van der Waals surface area contributed by atoms with Gasteiger partial charge in [0.25, 0.3) is 0 Å². The first-order valence-corrected chi connectivity index (χ1v) is 6.51. The van der Waals surface area contributed by atoms with Crippen molar-refractivity contribution < 1.29 is 9.18 Å². The van der Waals surface area contributed by atoms with Crippen molar-refractivity contribution in [2.75, 3.05) is 0 Å². The molecule has 1 atom stereocenters. The van der Waals surface area contributed by atoms with Crippen molar-refractivity contribution in [2.45, 2.75) is 10.4 Å². The smallest absolute Gasteiger partial charge is 0.235 e. The van der Waals surface area contributed by atoms with Crippen LogP contribution in [-0.2, 0) is 4.79 Å². The molecule has 0 aliphatic carbocycles. The molecule has 1 aromatic carbocycles. The van der Waals surface area contributed by atoms with Crippen LogP contribution in [0.2, 0.25) is 0 Å². The fraction of sp³-hybridized carbons (Fsp3) is 0.100. The highest BCUT2D eigenvalue weighted by Crippen LogP contribution is 2.34. The summed E-state index contributed by atoms with van der Waals surface area (Å²) in [5, 5.41) is 5.79. The maximum absolute atomic E-state index is 13.8. The average molecular weight is 331 g/mol. The van der Waals surface area contributed by atoms with Crippen molar-refractivity contribution in [3.05, 3.63) is 40.4 Å². The number of primary amides is 1. The first-order valence-electron chi connectivity index (χ1n) is 4.84. The summed E-state index contributed by atoms with van der Waals surface area (Å²) in [7, 11) is 0. The van der Waals surface area contributed by atoms with Crippen molar-refractivity contribution in [2.24, 2.45) is 5.73 Å². The van der Waals surface area contributed by atoms with Gasteiger partial charge in [-0.2, -0.15) is 5.10 Å². The second-order valence-electron chi connectivity index (χ2n) is 3.36. The number of aromatic amines is 1. The van der Waals surface area contributed by atoms with Crippen LogP contribution in [0.4, 0.5) is 4.39 Å². The van der Waals surface area contributed by atoms with Gasteiger partial charge < -0.3 is 5.73 Å². The molecule has 0 radical (unpaired) electrons. The van der Waals surface area contributed by atoms with E-state index in [-0.39, 0.29) is 5.56 Å². The SMILES string of the molecule is NC(=O)C(Sc1ncn[nH]1)c1ccc(Br)cc1F. The van der Waals surface area contributed by atoms with Crippen LogP contribution in [-0.4, -0.2) is 21.1 Å². The third-order valence-corrected chi connectivity index (χ3v) is 3.76. The summed E-state index contributed by atoms with van der Waals surface area (Å²) in [5.41, 5.74) is 5.51. The minimum atomic E-state index is -0.856. The topological polar surface area (TPSA) is 84.7 Å². The number of H-pyrrole nitrogens is 1. The molecule has 2 rings (SSSR count). The minimum absolute atomic E-state index is 0.215. The van der Waals surface area contributed by atoms with E-state index in [0.717, 1.165) is 11.8 Å². The number of carbonyl (C=O) groups is 1. The van der Waals surface area contributed by atoms with Gasteiger partial charge in [-0.1, -0.05) is 33.8 Å². The lowest BCUT2D eigenvalue weighted by atomic mass is 10.1. The average Bonchev–Trinajstić information content (AvgIpc) is 2.79. The van der Waals surface area contributed by atoms with Gasteiger partial charge in [-0.15, -0.1) is 0 Å². The second kappa shape index (κ2) is 5.49. The zero-order chi connectivity index (χ0) is 13.1. The Kier molecular flexibility index (Phi) is 3.97. The summed E-state index contributed by atoms with van der Waals surface area (Å²) in [6.07, 6.45) is 1.30. The number of aromatic nitrogens is 3. The lowest BCUT2D eigenvalue weighted by Crippen LogP contribution is -2.20. The van der Waals surface area contributed by atoms with Crippen LogP contribution in [0, 0.1) is 5.82 Å². The van der Waals surface area contributed by atoms with E-state index in [2.05, 4.69) is 31.1 Å². The molecular weight excluding hydrogens is 323 g/mol. The maximum atomic E-state index is 13.8. The predicted octanol–water partition coefficient (Wildman–Crippen LogP) is 2.02. The Balaban J connectivity index is 2.32. The number of nitrogens with zero attached hydrogens (tertiary/aromatic N) is 2. The Labute approximate surface area is 114 Å². The molecule has 0 saturated carbocycles. The number of halogens is 2. The van der Waals surface area contributed by atoms with Gasteiger partial charge in [-0.3, -0.25) is 9.89 Å². The lowest BCUT2D eigenvalue weighted by Gasteiger charge is -2.12. The molecule has 0 spiro atoms. The third-order valence-electron chi connectivity index (χ3n) is 2.13. The molecule has 2 aromatic rings. The molecule has 1 heterocycles. The fourth-order valence-electron chi connectivity index (χ4n) is 1.35. The molecule has 0 saturated heterocycles. The van der Waals surface area contributed by atoms with Gasteiger partial charge in [-0.25, -0.2) is 9.37 Å². The number of amides is 1. The van der Waals surface area contributed by atoms with Crippen LogP contribution in [0.1, 0.15) is 10.8 Å². The quantitative estimate of drug-likeness (QED) is 0.840. The maximum Gasteiger partial charge on any atom is 0.235 e. The van der Waals surface area contributed by atoms with E-state index in [1.165, 1.54) is 18.5 Å². The Bertz CT molecular complexity index is 563. The predicted molar refractivity (Wildman–Crippen MR) is 68.3 cm³/mol. The van der Waals surface area contributed by atoms with Crippen LogP contribution in [0.15, 0.2) is 34.2 Å². The van der Waals surface area contributed by atoms with E-state index in [1.54, 1.807) is 6.07 Å². The molecule has 1 unspecified atom stereocenters. The number of hydrogen-bond donors (Lipinski definition) is 2. The summed E-state index contributed by atoms with van der Waals surface area (Å²) in [6.45, 7) is 0. The third kappa shape index (κ3) is 2.88. The molecule has 0 aliphatic rings. The summed E-state index contributed by atoms with van der Waals surface area (Å²) in [5.74, 6) is -1.14. The molecule has 18 heavy (non-hydrogen) atoms. The van der Waals surface area contributed by atoms with Crippen molar-refractivity contribution >= 4 is 33.6 Å². The monoisotopic (exact) mass is 330 g/mol. The zero-order valence-corrected chi connectivity index (χ0v) is 11.3. The number of benzene rings is 1. The first kappa shape index (κ1) is 13.0. The lowest BCUT2D eigenvalue weighted by molar-refractivity contribution is -0.117. The molecule has 3 N–H and O–H groups in total. The Morgan fingerprint density at radius 3 is 2.89 bits per heavy atom. The number of carbonyl (C=O) groups excluding carboxylic acids is 1.